The van der Waals surface area contributed by atoms with Crippen molar-refractivity contribution in [2.45, 2.75) is 25.8 Å². The first-order valence-electron chi connectivity index (χ1n) is 7.13. The van der Waals surface area contributed by atoms with Gasteiger partial charge in [-0.25, -0.2) is 9.78 Å². The number of carboxylic acids is 1. The number of methoxy groups -OCH3 is 1. The van der Waals surface area contributed by atoms with Gasteiger partial charge < -0.3 is 15.2 Å². The molecule has 0 radical (unpaired) electrons. The fourth-order valence-electron chi connectivity index (χ4n) is 2.05. The number of carbonyl (C=O) groups is 2. The molecule has 122 valence electrons. The lowest BCUT2D eigenvalue weighted by Gasteiger charge is -2.15. The van der Waals surface area contributed by atoms with Crippen molar-refractivity contribution in [3.05, 3.63) is 45.9 Å². The number of rotatable bonds is 7. The van der Waals surface area contributed by atoms with E-state index in [9.17, 15) is 14.7 Å². The number of hydrogen-bond acceptors (Lipinski definition) is 5. The molecule has 0 aliphatic rings. The minimum absolute atomic E-state index is 0.0659. The van der Waals surface area contributed by atoms with Gasteiger partial charge >= 0.3 is 5.97 Å². The van der Waals surface area contributed by atoms with Gasteiger partial charge in [0.05, 0.1) is 24.2 Å². The van der Waals surface area contributed by atoms with Crippen molar-refractivity contribution in [1.82, 2.24) is 10.3 Å². The number of nitrogens with zero attached hydrogens (tertiary/aromatic N) is 1. The van der Waals surface area contributed by atoms with E-state index in [1.54, 1.807) is 24.3 Å². The molecule has 1 aromatic carbocycles. The molecule has 1 heterocycles. The molecule has 2 N–H and O–H groups in total. The molecule has 0 aliphatic heterocycles. The summed E-state index contributed by atoms with van der Waals surface area (Å²) in [5.74, 6) is -0.865. The molecular formula is C16H18N2O4S. The Balaban J connectivity index is 2.05. The summed E-state index contributed by atoms with van der Waals surface area (Å²) in [6.07, 6.45) is 0.881. The van der Waals surface area contributed by atoms with E-state index < -0.39 is 12.0 Å². The Bertz CT molecular complexity index is 682. The van der Waals surface area contributed by atoms with Crippen LogP contribution in [0.5, 0.6) is 5.75 Å². The highest BCUT2D eigenvalue weighted by molar-refractivity contribution is 7.09. The molecule has 0 spiro atoms. The number of thiazole rings is 1. The maximum Gasteiger partial charge on any atom is 0.330 e. The Morgan fingerprint density at radius 1 is 1.35 bits per heavy atom. The lowest BCUT2D eigenvalue weighted by atomic mass is 10.1. The van der Waals surface area contributed by atoms with Gasteiger partial charge in [0.25, 0.3) is 0 Å². The van der Waals surface area contributed by atoms with E-state index in [-0.39, 0.29) is 12.3 Å². The van der Waals surface area contributed by atoms with Gasteiger partial charge in [0.1, 0.15) is 5.75 Å². The van der Waals surface area contributed by atoms with Crippen molar-refractivity contribution in [2.24, 2.45) is 0 Å². The first-order valence-corrected chi connectivity index (χ1v) is 8.00. The molecule has 0 saturated heterocycles. The van der Waals surface area contributed by atoms with Crippen molar-refractivity contribution in [1.29, 1.82) is 0 Å². The van der Waals surface area contributed by atoms with Gasteiger partial charge in [-0.05, 0) is 24.1 Å². The number of hydrogen-bond donors (Lipinski definition) is 2. The number of carboxylic acid groups (broad SMARTS) is 1. The number of aryl methyl sites for hydroxylation is 1. The number of aromatic nitrogens is 1. The second-order valence-electron chi connectivity index (χ2n) is 4.87. The minimum atomic E-state index is -1.11. The Morgan fingerprint density at radius 2 is 2.04 bits per heavy atom. The molecule has 23 heavy (non-hydrogen) atoms. The van der Waals surface area contributed by atoms with Crippen molar-refractivity contribution < 1.29 is 19.4 Å². The molecule has 0 saturated carbocycles. The molecule has 1 atom stereocenters. The summed E-state index contributed by atoms with van der Waals surface area (Å²) < 4.78 is 5.04. The number of carbonyl (C=O) groups excluding carboxylic acids is 1. The Kier molecular flexibility index (Phi) is 5.70. The third-order valence-corrected chi connectivity index (χ3v) is 4.29. The zero-order valence-corrected chi connectivity index (χ0v) is 13.7. The lowest BCUT2D eigenvalue weighted by Crippen LogP contribution is -2.34. The smallest absolute Gasteiger partial charge is 0.330 e. The quantitative estimate of drug-likeness (QED) is 0.810. The van der Waals surface area contributed by atoms with Crippen LogP contribution >= 0.6 is 11.3 Å². The molecular weight excluding hydrogens is 316 g/mol. The van der Waals surface area contributed by atoms with Crippen LogP contribution in [0.15, 0.2) is 29.6 Å². The van der Waals surface area contributed by atoms with Gasteiger partial charge in [-0.2, -0.15) is 0 Å². The van der Waals surface area contributed by atoms with Crippen molar-refractivity contribution in [2.75, 3.05) is 7.11 Å². The van der Waals surface area contributed by atoms with Crippen LogP contribution in [0.4, 0.5) is 0 Å². The van der Waals surface area contributed by atoms with E-state index in [1.807, 2.05) is 12.3 Å². The molecule has 0 aliphatic carbocycles. The van der Waals surface area contributed by atoms with Crippen LogP contribution in [0, 0.1) is 0 Å². The Morgan fingerprint density at radius 3 is 2.57 bits per heavy atom. The first kappa shape index (κ1) is 17.0. The minimum Gasteiger partial charge on any atom is -0.497 e. The molecule has 0 bridgehead atoms. The molecule has 0 fully saturated rings. The van der Waals surface area contributed by atoms with Gasteiger partial charge in [-0.3, -0.25) is 4.79 Å². The highest BCUT2D eigenvalue weighted by Gasteiger charge is 2.22. The van der Waals surface area contributed by atoms with Crippen LogP contribution in [-0.4, -0.2) is 29.1 Å². The number of benzene rings is 1. The van der Waals surface area contributed by atoms with Crippen LogP contribution in [0.1, 0.15) is 29.2 Å². The molecule has 2 rings (SSSR count). The predicted octanol–water partition coefficient (Wildman–Crippen LogP) is 2.20. The van der Waals surface area contributed by atoms with Crippen LogP contribution in [0.2, 0.25) is 0 Å². The number of ether oxygens (including phenoxy) is 1. The summed E-state index contributed by atoms with van der Waals surface area (Å²) in [5.41, 5.74) is 1.14. The maximum atomic E-state index is 12.1. The monoisotopic (exact) mass is 334 g/mol. The molecule has 2 aromatic rings. The summed E-state index contributed by atoms with van der Waals surface area (Å²) >= 11 is 1.50. The van der Waals surface area contributed by atoms with E-state index in [0.29, 0.717) is 17.0 Å². The van der Waals surface area contributed by atoms with Gasteiger partial charge in [-0.1, -0.05) is 19.1 Å². The van der Waals surface area contributed by atoms with Crippen LogP contribution in [-0.2, 0) is 22.4 Å². The molecule has 1 aromatic heterocycles. The van der Waals surface area contributed by atoms with Crippen LogP contribution in [0.25, 0.3) is 0 Å². The highest BCUT2D eigenvalue weighted by Crippen LogP contribution is 2.18. The molecule has 6 nitrogen and oxygen atoms in total. The van der Waals surface area contributed by atoms with E-state index in [0.717, 1.165) is 11.4 Å². The average Bonchev–Trinajstić information content (AvgIpc) is 3.00. The highest BCUT2D eigenvalue weighted by atomic mass is 32.1. The fraction of sp³-hybridized carbons (Fsp3) is 0.312. The van der Waals surface area contributed by atoms with Gasteiger partial charge in [0.2, 0.25) is 5.91 Å². The zero-order valence-electron chi connectivity index (χ0n) is 12.9. The zero-order chi connectivity index (χ0) is 16.8. The van der Waals surface area contributed by atoms with Crippen LogP contribution in [0.3, 0.4) is 0 Å². The largest absolute Gasteiger partial charge is 0.497 e. The van der Waals surface area contributed by atoms with Crippen molar-refractivity contribution >= 4 is 23.2 Å². The van der Waals surface area contributed by atoms with Crippen molar-refractivity contribution in [3.8, 4) is 5.75 Å². The molecule has 1 amide bonds. The molecule has 7 heteroatoms. The fourth-order valence-corrected chi connectivity index (χ4v) is 2.80. The third-order valence-electron chi connectivity index (χ3n) is 3.24. The summed E-state index contributed by atoms with van der Waals surface area (Å²) in [5, 5.41) is 14.7. The van der Waals surface area contributed by atoms with Gasteiger partial charge in [0, 0.05) is 5.38 Å². The van der Waals surface area contributed by atoms with Crippen LogP contribution < -0.4 is 10.1 Å². The summed E-state index contributed by atoms with van der Waals surface area (Å²) in [6.45, 7) is 1.99. The third kappa shape index (κ3) is 4.53. The first-order chi connectivity index (χ1) is 11.0. The topological polar surface area (TPSA) is 88.5 Å². The number of nitrogens with one attached hydrogen (secondary N) is 1. The van der Waals surface area contributed by atoms with E-state index in [4.69, 9.17) is 4.74 Å². The van der Waals surface area contributed by atoms with Crippen molar-refractivity contribution in [3.63, 3.8) is 0 Å². The number of amides is 1. The van der Waals surface area contributed by atoms with Gasteiger partial charge in [0.15, 0.2) is 6.04 Å². The summed E-state index contributed by atoms with van der Waals surface area (Å²) in [6, 6.07) is 5.46. The Labute approximate surface area is 138 Å². The normalized spacial score (nSPS) is 11.7. The molecule has 1 unspecified atom stereocenters. The number of aliphatic carboxylic acids is 1. The van der Waals surface area contributed by atoms with E-state index in [1.165, 1.54) is 18.4 Å². The summed E-state index contributed by atoms with van der Waals surface area (Å²) in [7, 11) is 1.53. The second kappa shape index (κ2) is 7.73. The van der Waals surface area contributed by atoms with E-state index >= 15 is 0 Å². The Hall–Kier alpha value is -2.41. The average molecular weight is 334 g/mol. The van der Waals surface area contributed by atoms with Gasteiger partial charge in [-0.15, -0.1) is 11.3 Å². The lowest BCUT2D eigenvalue weighted by molar-refractivity contribution is -0.142. The second-order valence-corrected chi connectivity index (χ2v) is 5.82. The maximum absolute atomic E-state index is 12.1. The summed E-state index contributed by atoms with van der Waals surface area (Å²) in [4.78, 5) is 27.8. The van der Waals surface area contributed by atoms with E-state index in [2.05, 4.69) is 10.3 Å². The predicted molar refractivity (Wildman–Crippen MR) is 86.7 cm³/mol. The standard InChI is InChI=1S/C16H18N2O4S/c1-3-14-17-11(9-23-14)8-13(19)18-15(16(20)21)10-4-6-12(22-2)7-5-10/h4-7,9,15H,3,8H2,1-2H3,(H,18,19)(H,20,21). The SMILES string of the molecule is CCc1nc(CC(=O)NC(C(=O)O)c2ccc(OC)cc2)cs1.